The first-order valence-electron chi connectivity index (χ1n) is 7.04. The number of para-hydroxylation sites is 1. The molecule has 2 nitrogen and oxygen atoms in total. The van der Waals surface area contributed by atoms with Crippen molar-refractivity contribution < 1.29 is 0 Å². The largest absolute Gasteiger partial charge is 0.244 e. The van der Waals surface area contributed by atoms with Crippen LogP contribution in [0.5, 0.6) is 0 Å². The van der Waals surface area contributed by atoms with Crippen molar-refractivity contribution in [1.29, 1.82) is 0 Å². The predicted octanol–water partition coefficient (Wildman–Crippen LogP) is 4.76. The fourth-order valence-electron chi connectivity index (χ4n) is 2.66. The third kappa shape index (κ3) is 2.05. The van der Waals surface area contributed by atoms with Crippen LogP contribution >= 0.6 is 0 Å². The van der Waals surface area contributed by atoms with Gasteiger partial charge in [-0.15, -0.1) is 0 Å². The van der Waals surface area contributed by atoms with Crippen LogP contribution in [0.1, 0.15) is 5.56 Å². The second kappa shape index (κ2) is 4.67. The second-order valence-corrected chi connectivity index (χ2v) is 5.26. The highest BCUT2D eigenvalue weighted by Gasteiger charge is 2.07. The first-order valence-corrected chi connectivity index (χ1v) is 7.04. The van der Waals surface area contributed by atoms with E-state index in [0.29, 0.717) is 0 Å². The van der Waals surface area contributed by atoms with Crippen LogP contribution in [0.2, 0.25) is 0 Å². The Morgan fingerprint density at radius 3 is 2.38 bits per heavy atom. The Hall–Kier alpha value is -2.74. The van der Waals surface area contributed by atoms with Gasteiger partial charge >= 0.3 is 0 Å². The summed E-state index contributed by atoms with van der Waals surface area (Å²) in [5.41, 5.74) is 7.29. The Morgan fingerprint density at radius 2 is 1.52 bits per heavy atom. The van der Waals surface area contributed by atoms with Gasteiger partial charge in [0.25, 0.3) is 0 Å². The van der Waals surface area contributed by atoms with Gasteiger partial charge in [-0.25, -0.2) is 9.97 Å². The van der Waals surface area contributed by atoms with Gasteiger partial charge in [-0.3, -0.25) is 0 Å². The number of hydrogen-bond donors (Lipinski definition) is 0. The number of aryl methyl sites for hydroxylation is 1. The number of nitrogens with zero attached hydrogens (tertiary/aromatic N) is 2. The average Bonchev–Trinajstić information content (AvgIpc) is 2.53. The van der Waals surface area contributed by atoms with Gasteiger partial charge in [0, 0.05) is 5.56 Å². The van der Waals surface area contributed by atoms with E-state index in [2.05, 4.69) is 37.3 Å². The first kappa shape index (κ1) is 12.0. The quantitative estimate of drug-likeness (QED) is 0.466. The van der Waals surface area contributed by atoms with Crippen molar-refractivity contribution in [2.45, 2.75) is 6.92 Å². The van der Waals surface area contributed by atoms with Gasteiger partial charge in [-0.05, 0) is 36.2 Å². The van der Waals surface area contributed by atoms with Crippen LogP contribution in [0.25, 0.3) is 33.2 Å². The van der Waals surface area contributed by atoms with Gasteiger partial charge in [-0.1, -0.05) is 48.5 Å². The van der Waals surface area contributed by atoms with Gasteiger partial charge in [0.1, 0.15) is 0 Å². The van der Waals surface area contributed by atoms with Crippen molar-refractivity contribution in [3.05, 3.63) is 72.3 Å². The summed E-state index contributed by atoms with van der Waals surface area (Å²) < 4.78 is 0. The molecule has 4 rings (SSSR count). The van der Waals surface area contributed by atoms with Crippen LogP contribution in [0.15, 0.2) is 66.7 Å². The fraction of sp³-hybridized carbons (Fsp3) is 0.0526. The molecule has 1 aromatic heterocycles. The number of aromatic nitrogens is 2. The molecule has 21 heavy (non-hydrogen) atoms. The molecule has 3 aromatic carbocycles. The van der Waals surface area contributed by atoms with Crippen LogP contribution in [-0.4, -0.2) is 9.97 Å². The summed E-state index contributed by atoms with van der Waals surface area (Å²) in [4.78, 5) is 9.59. The van der Waals surface area contributed by atoms with E-state index in [9.17, 15) is 0 Å². The third-order valence-electron chi connectivity index (χ3n) is 3.70. The van der Waals surface area contributed by atoms with E-state index in [1.165, 1.54) is 11.1 Å². The normalized spacial score (nSPS) is 11.1. The molecule has 0 bridgehead atoms. The zero-order chi connectivity index (χ0) is 14.2. The number of hydrogen-bond acceptors (Lipinski definition) is 2. The molecule has 0 amide bonds. The fourth-order valence-corrected chi connectivity index (χ4v) is 2.66. The molecular formula is C19H14N2. The summed E-state index contributed by atoms with van der Waals surface area (Å²) >= 11 is 0. The lowest BCUT2D eigenvalue weighted by Crippen LogP contribution is -1.90. The van der Waals surface area contributed by atoms with E-state index in [-0.39, 0.29) is 0 Å². The van der Waals surface area contributed by atoms with Crippen LogP contribution < -0.4 is 0 Å². The SMILES string of the molecule is Cc1ccc2nc3c(-c4ccccc4)cccc3nc2c1. The third-order valence-corrected chi connectivity index (χ3v) is 3.70. The summed E-state index contributed by atoms with van der Waals surface area (Å²) in [6, 6.07) is 22.7. The molecule has 100 valence electrons. The molecule has 0 aliphatic carbocycles. The monoisotopic (exact) mass is 270 g/mol. The lowest BCUT2D eigenvalue weighted by atomic mass is 10.0. The maximum Gasteiger partial charge on any atom is 0.0972 e. The Kier molecular flexibility index (Phi) is 2.68. The van der Waals surface area contributed by atoms with Crippen LogP contribution in [0, 0.1) is 6.92 Å². The van der Waals surface area contributed by atoms with Gasteiger partial charge in [0.15, 0.2) is 0 Å². The van der Waals surface area contributed by atoms with E-state index in [1.807, 2.05) is 36.4 Å². The number of benzene rings is 3. The Balaban J connectivity index is 2.07. The summed E-state index contributed by atoms with van der Waals surface area (Å²) in [6.45, 7) is 2.08. The first-order chi connectivity index (χ1) is 10.3. The summed E-state index contributed by atoms with van der Waals surface area (Å²) in [7, 11) is 0. The minimum atomic E-state index is 0.939. The topological polar surface area (TPSA) is 25.8 Å². The highest BCUT2D eigenvalue weighted by molar-refractivity contribution is 5.95. The van der Waals surface area contributed by atoms with E-state index >= 15 is 0 Å². The number of fused-ring (bicyclic) bond motifs is 2. The standard InChI is InChI=1S/C19H14N2/c1-13-10-11-16-18(12-13)20-17-9-5-8-15(19(17)21-16)14-6-3-2-4-7-14/h2-12H,1H3. The zero-order valence-corrected chi connectivity index (χ0v) is 11.7. The molecule has 0 fully saturated rings. The maximum absolute atomic E-state index is 4.83. The summed E-state index contributed by atoms with van der Waals surface area (Å²) in [6.07, 6.45) is 0. The van der Waals surface area contributed by atoms with Gasteiger partial charge < -0.3 is 0 Å². The van der Waals surface area contributed by atoms with Gasteiger partial charge in [-0.2, -0.15) is 0 Å². The smallest absolute Gasteiger partial charge is 0.0972 e. The molecule has 0 radical (unpaired) electrons. The molecule has 0 aliphatic heterocycles. The molecule has 0 atom stereocenters. The zero-order valence-electron chi connectivity index (χ0n) is 11.7. The molecule has 1 heterocycles. The van der Waals surface area contributed by atoms with Gasteiger partial charge in [0.05, 0.1) is 22.1 Å². The van der Waals surface area contributed by atoms with E-state index in [1.54, 1.807) is 0 Å². The van der Waals surface area contributed by atoms with Crippen molar-refractivity contribution >= 4 is 22.1 Å². The molecule has 4 aromatic rings. The van der Waals surface area contributed by atoms with Crippen LogP contribution in [-0.2, 0) is 0 Å². The molecular weight excluding hydrogens is 256 g/mol. The lowest BCUT2D eigenvalue weighted by Gasteiger charge is -2.07. The highest BCUT2D eigenvalue weighted by Crippen LogP contribution is 2.27. The Bertz CT molecular complexity index is 943. The molecule has 0 unspecified atom stereocenters. The van der Waals surface area contributed by atoms with E-state index in [0.717, 1.165) is 27.6 Å². The van der Waals surface area contributed by atoms with Crippen molar-refractivity contribution in [1.82, 2.24) is 9.97 Å². The number of rotatable bonds is 1. The van der Waals surface area contributed by atoms with E-state index in [4.69, 9.17) is 9.97 Å². The maximum atomic E-state index is 4.83. The molecule has 0 N–H and O–H groups in total. The predicted molar refractivity (Wildman–Crippen MR) is 87.2 cm³/mol. The van der Waals surface area contributed by atoms with Gasteiger partial charge in [0.2, 0.25) is 0 Å². The minimum absolute atomic E-state index is 0.939. The molecule has 0 spiro atoms. The molecule has 0 saturated heterocycles. The lowest BCUT2D eigenvalue weighted by molar-refractivity contribution is 1.37. The summed E-state index contributed by atoms with van der Waals surface area (Å²) in [5, 5.41) is 0. The minimum Gasteiger partial charge on any atom is -0.244 e. The van der Waals surface area contributed by atoms with Crippen molar-refractivity contribution in [2.24, 2.45) is 0 Å². The Morgan fingerprint density at radius 1 is 0.667 bits per heavy atom. The van der Waals surface area contributed by atoms with Crippen LogP contribution in [0.4, 0.5) is 0 Å². The summed E-state index contributed by atoms with van der Waals surface area (Å²) in [5.74, 6) is 0. The van der Waals surface area contributed by atoms with Crippen molar-refractivity contribution in [3.63, 3.8) is 0 Å². The molecule has 0 aliphatic rings. The Labute approximate surface area is 123 Å². The van der Waals surface area contributed by atoms with Crippen LogP contribution in [0.3, 0.4) is 0 Å². The second-order valence-electron chi connectivity index (χ2n) is 5.26. The molecule has 2 heteroatoms. The van der Waals surface area contributed by atoms with Crippen molar-refractivity contribution in [3.8, 4) is 11.1 Å². The molecule has 0 saturated carbocycles. The average molecular weight is 270 g/mol. The van der Waals surface area contributed by atoms with E-state index < -0.39 is 0 Å². The van der Waals surface area contributed by atoms with Crippen molar-refractivity contribution in [2.75, 3.05) is 0 Å². The highest BCUT2D eigenvalue weighted by atomic mass is 14.8.